The second-order valence-corrected chi connectivity index (χ2v) is 9.50. The third kappa shape index (κ3) is 5.27. The van der Waals surface area contributed by atoms with E-state index in [4.69, 9.17) is 0 Å². The summed E-state index contributed by atoms with van der Waals surface area (Å²) in [4.78, 5) is 0. The lowest BCUT2D eigenvalue weighted by atomic mass is 9.76. The van der Waals surface area contributed by atoms with Crippen molar-refractivity contribution in [3.8, 4) is 0 Å². The molecule has 0 saturated carbocycles. The highest BCUT2D eigenvalue weighted by atomic mass is 14.9. The van der Waals surface area contributed by atoms with E-state index < -0.39 is 0 Å². The summed E-state index contributed by atoms with van der Waals surface area (Å²) in [7, 11) is 0. The molecule has 0 radical (unpaired) electrons. The van der Waals surface area contributed by atoms with Gasteiger partial charge in [-0.15, -0.1) is 0 Å². The molecule has 2 unspecified atom stereocenters. The summed E-state index contributed by atoms with van der Waals surface area (Å²) >= 11 is 0. The van der Waals surface area contributed by atoms with Gasteiger partial charge in [0, 0.05) is 11.6 Å². The molecule has 2 rings (SSSR count). The van der Waals surface area contributed by atoms with E-state index in [9.17, 15) is 0 Å². The Balaban J connectivity index is 2.43. The van der Waals surface area contributed by atoms with Gasteiger partial charge in [0.25, 0.3) is 0 Å². The number of nitrogens with one attached hydrogen (secondary N) is 1. The smallest absolute Gasteiger partial charge is 0.0515 e. The van der Waals surface area contributed by atoms with Gasteiger partial charge < -0.3 is 5.32 Å². The van der Waals surface area contributed by atoms with Gasteiger partial charge in [-0.2, -0.15) is 0 Å². The fourth-order valence-corrected chi connectivity index (χ4v) is 4.08. The molecule has 0 amide bonds. The Morgan fingerprint density at radius 2 is 1.33 bits per heavy atom. The Hall–Kier alpha value is -1.50. The zero-order chi connectivity index (χ0) is 20.3. The molecule has 0 saturated heterocycles. The molecule has 0 heterocycles. The van der Waals surface area contributed by atoms with Crippen molar-refractivity contribution in [1.82, 2.24) is 0 Å². The van der Waals surface area contributed by atoms with Crippen LogP contribution in [0.1, 0.15) is 91.7 Å². The molecule has 1 aromatic carbocycles. The number of hydrogen-bond acceptors (Lipinski definition) is 1. The van der Waals surface area contributed by atoms with Gasteiger partial charge >= 0.3 is 0 Å². The zero-order valence-corrected chi connectivity index (χ0v) is 19.1. The van der Waals surface area contributed by atoms with E-state index in [-0.39, 0.29) is 0 Å². The number of rotatable bonds is 7. The van der Waals surface area contributed by atoms with E-state index in [1.54, 1.807) is 5.57 Å². The molecule has 0 fully saturated rings. The van der Waals surface area contributed by atoms with Gasteiger partial charge in [0.2, 0.25) is 0 Å². The minimum atomic E-state index is 0.372. The van der Waals surface area contributed by atoms with Gasteiger partial charge in [-0.1, -0.05) is 86.1 Å². The maximum Gasteiger partial charge on any atom is 0.0515 e. The van der Waals surface area contributed by atoms with Crippen molar-refractivity contribution in [3.63, 3.8) is 0 Å². The van der Waals surface area contributed by atoms with E-state index in [1.807, 2.05) is 0 Å². The second kappa shape index (κ2) is 9.13. The summed E-state index contributed by atoms with van der Waals surface area (Å²) in [6.07, 6.45) is 6.14. The average Bonchev–Trinajstić information content (AvgIpc) is 2.60. The summed E-state index contributed by atoms with van der Waals surface area (Å²) in [6, 6.07) is 7.48. The molecule has 0 bridgehead atoms. The number of allylic oxidation sites excluding steroid dienone is 2. The molecule has 1 aliphatic rings. The monoisotopic (exact) mass is 367 g/mol. The lowest BCUT2D eigenvalue weighted by molar-refractivity contribution is 0.485. The van der Waals surface area contributed by atoms with E-state index in [0.29, 0.717) is 35.6 Å². The molecule has 1 N–H and O–H groups in total. The number of benzene rings is 1. The lowest BCUT2D eigenvalue weighted by Crippen LogP contribution is -2.33. The van der Waals surface area contributed by atoms with Crippen LogP contribution in [0, 0.1) is 17.8 Å². The van der Waals surface area contributed by atoms with Crippen LogP contribution in [0.15, 0.2) is 41.5 Å². The Morgan fingerprint density at radius 3 is 1.74 bits per heavy atom. The topological polar surface area (TPSA) is 12.0 Å². The maximum absolute atomic E-state index is 3.92. The predicted octanol–water partition coefficient (Wildman–Crippen LogP) is 7.92. The number of anilines is 1. The highest BCUT2D eigenvalue weighted by molar-refractivity contribution is 5.53. The standard InChI is InChI=1S/C26H41N/c1-10-24-25(19(8)9)14-22(18(6)7)15-26(24)27-23-12-20(16(2)3)11-21(13-23)17(4)5/h11-19,24,26-27H,10H2,1-9H3. The largest absolute Gasteiger partial charge is 0.378 e. The first-order valence-corrected chi connectivity index (χ1v) is 11.0. The minimum Gasteiger partial charge on any atom is -0.378 e. The van der Waals surface area contributed by atoms with Gasteiger partial charge in [0.05, 0.1) is 6.04 Å². The van der Waals surface area contributed by atoms with Crippen molar-refractivity contribution in [2.75, 3.05) is 5.32 Å². The van der Waals surface area contributed by atoms with Crippen molar-refractivity contribution < 1.29 is 0 Å². The SMILES string of the molecule is CCC1C(C(C)C)=CC(C(C)C)=CC1Nc1cc(C(C)C)cc(C(C)C)c1. The Bertz CT molecular complexity index is 662. The molecule has 1 nitrogen and oxygen atoms in total. The molecule has 150 valence electrons. The minimum absolute atomic E-state index is 0.372. The van der Waals surface area contributed by atoms with Crippen molar-refractivity contribution in [3.05, 3.63) is 52.6 Å². The van der Waals surface area contributed by atoms with Crippen LogP contribution < -0.4 is 5.32 Å². The van der Waals surface area contributed by atoms with E-state index in [1.165, 1.54) is 28.8 Å². The zero-order valence-electron chi connectivity index (χ0n) is 19.1. The summed E-state index contributed by atoms with van der Waals surface area (Å²) in [5.41, 5.74) is 7.22. The molecule has 0 aliphatic heterocycles. The van der Waals surface area contributed by atoms with Gasteiger partial charge in [0.15, 0.2) is 0 Å². The molecular weight excluding hydrogens is 326 g/mol. The van der Waals surface area contributed by atoms with Crippen molar-refractivity contribution in [2.45, 2.75) is 86.6 Å². The van der Waals surface area contributed by atoms with E-state index in [2.05, 4.69) is 98.0 Å². The van der Waals surface area contributed by atoms with Gasteiger partial charge in [-0.25, -0.2) is 0 Å². The van der Waals surface area contributed by atoms with Gasteiger partial charge in [-0.05, 0) is 58.9 Å². The quantitative estimate of drug-likeness (QED) is 0.516. The summed E-state index contributed by atoms with van der Waals surface area (Å²) < 4.78 is 0. The van der Waals surface area contributed by atoms with Crippen LogP contribution in [0.4, 0.5) is 5.69 Å². The van der Waals surface area contributed by atoms with Gasteiger partial charge in [-0.3, -0.25) is 0 Å². The molecule has 0 aromatic heterocycles. The first kappa shape index (κ1) is 21.8. The Morgan fingerprint density at radius 1 is 0.778 bits per heavy atom. The summed E-state index contributed by atoms with van der Waals surface area (Å²) in [5.74, 6) is 2.82. The molecule has 2 atom stereocenters. The van der Waals surface area contributed by atoms with Crippen LogP contribution in [0.25, 0.3) is 0 Å². The third-order valence-corrected chi connectivity index (χ3v) is 5.98. The fourth-order valence-electron chi connectivity index (χ4n) is 4.08. The van der Waals surface area contributed by atoms with Crippen LogP contribution >= 0.6 is 0 Å². The highest BCUT2D eigenvalue weighted by Gasteiger charge is 2.28. The highest BCUT2D eigenvalue weighted by Crippen LogP contribution is 2.36. The lowest BCUT2D eigenvalue weighted by Gasteiger charge is -2.35. The summed E-state index contributed by atoms with van der Waals surface area (Å²) in [5, 5.41) is 3.92. The van der Waals surface area contributed by atoms with Crippen LogP contribution in [0.2, 0.25) is 0 Å². The Kier molecular flexibility index (Phi) is 7.37. The molecular formula is C26H41N. The predicted molar refractivity (Wildman–Crippen MR) is 122 cm³/mol. The number of hydrogen-bond donors (Lipinski definition) is 1. The molecule has 1 aromatic rings. The van der Waals surface area contributed by atoms with Crippen LogP contribution in [0.5, 0.6) is 0 Å². The van der Waals surface area contributed by atoms with Crippen LogP contribution in [-0.4, -0.2) is 6.04 Å². The molecule has 0 spiro atoms. The van der Waals surface area contributed by atoms with E-state index >= 15 is 0 Å². The van der Waals surface area contributed by atoms with Crippen LogP contribution in [-0.2, 0) is 0 Å². The normalized spacial score (nSPS) is 20.5. The third-order valence-electron chi connectivity index (χ3n) is 5.98. The first-order chi connectivity index (χ1) is 12.6. The fraction of sp³-hybridized carbons (Fsp3) is 0.615. The first-order valence-electron chi connectivity index (χ1n) is 11.0. The molecule has 1 heteroatoms. The molecule has 1 aliphatic carbocycles. The van der Waals surface area contributed by atoms with Crippen molar-refractivity contribution in [2.24, 2.45) is 17.8 Å². The maximum atomic E-state index is 3.92. The average molecular weight is 368 g/mol. The Labute approximate surface area is 168 Å². The van der Waals surface area contributed by atoms with Crippen molar-refractivity contribution >= 4 is 5.69 Å². The summed E-state index contributed by atoms with van der Waals surface area (Å²) in [6.45, 7) is 20.8. The second-order valence-electron chi connectivity index (χ2n) is 9.50. The molecule has 27 heavy (non-hydrogen) atoms. The van der Waals surface area contributed by atoms with Crippen LogP contribution in [0.3, 0.4) is 0 Å². The van der Waals surface area contributed by atoms with Crippen molar-refractivity contribution in [1.29, 1.82) is 0 Å². The van der Waals surface area contributed by atoms with E-state index in [0.717, 1.165) is 0 Å². The van der Waals surface area contributed by atoms with Gasteiger partial charge in [0.1, 0.15) is 0 Å².